The van der Waals surface area contributed by atoms with E-state index in [0.29, 0.717) is 23.4 Å². The first kappa shape index (κ1) is 21.0. The minimum absolute atomic E-state index is 0.0298. The van der Waals surface area contributed by atoms with Crippen molar-refractivity contribution in [1.29, 1.82) is 0 Å². The summed E-state index contributed by atoms with van der Waals surface area (Å²) in [6.07, 6.45) is 3.06. The SMILES string of the molecule is CC(C)(C)Cc1c[nH]c(C(F)(F)C(C)(O)c2ccc(-c3ccc(F)cn3)cc2)n1. The number of aliphatic hydroxyl groups is 1. The largest absolute Gasteiger partial charge is 0.379 e. The fourth-order valence-electron chi connectivity index (χ4n) is 3.08. The molecule has 0 radical (unpaired) electrons. The number of imidazole rings is 1. The number of aromatic amines is 1. The molecule has 3 rings (SSSR count). The Morgan fingerprint density at radius 2 is 1.66 bits per heavy atom. The lowest BCUT2D eigenvalue weighted by atomic mass is 9.88. The van der Waals surface area contributed by atoms with E-state index in [1.807, 2.05) is 20.8 Å². The summed E-state index contributed by atoms with van der Waals surface area (Å²) in [7, 11) is 0. The summed E-state index contributed by atoms with van der Waals surface area (Å²) < 4.78 is 43.3. The minimum Gasteiger partial charge on any atom is -0.379 e. The van der Waals surface area contributed by atoms with Gasteiger partial charge in [-0.15, -0.1) is 0 Å². The fraction of sp³-hybridized carbons (Fsp3) is 0.364. The molecule has 0 saturated carbocycles. The Bertz CT molecular complexity index is 972. The van der Waals surface area contributed by atoms with Crippen LogP contribution in [0.15, 0.2) is 48.8 Å². The molecule has 7 heteroatoms. The number of nitrogens with zero attached hydrogens (tertiary/aromatic N) is 2. The maximum Gasteiger partial charge on any atom is 0.336 e. The van der Waals surface area contributed by atoms with E-state index < -0.39 is 23.2 Å². The summed E-state index contributed by atoms with van der Waals surface area (Å²) in [5.74, 6) is -4.68. The number of alkyl halides is 2. The summed E-state index contributed by atoms with van der Waals surface area (Å²) >= 11 is 0. The van der Waals surface area contributed by atoms with E-state index in [1.54, 1.807) is 12.1 Å². The molecule has 0 aliphatic heterocycles. The van der Waals surface area contributed by atoms with E-state index in [2.05, 4.69) is 15.0 Å². The van der Waals surface area contributed by atoms with Crippen LogP contribution in [0.25, 0.3) is 11.3 Å². The Morgan fingerprint density at radius 1 is 1.00 bits per heavy atom. The highest BCUT2D eigenvalue weighted by Gasteiger charge is 2.54. The van der Waals surface area contributed by atoms with Crippen molar-refractivity contribution in [3.63, 3.8) is 0 Å². The number of pyridine rings is 1. The van der Waals surface area contributed by atoms with Crippen LogP contribution in [0, 0.1) is 11.2 Å². The second kappa shape index (κ2) is 7.30. The van der Waals surface area contributed by atoms with Crippen LogP contribution in [-0.4, -0.2) is 20.1 Å². The van der Waals surface area contributed by atoms with Crippen LogP contribution in [0.3, 0.4) is 0 Å². The van der Waals surface area contributed by atoms with Gasteiger partial charge in [0, 0.05) is 11.8 Å². The van der Waals surface area contributed by atoms with E-state index in [4.69, 9.17) is 0 Å². The molecule has 3 aromatic rings. The number of H-pyrrole nitrogens is 1. The van der Waals surface area contributed by atoms with Crippen molar-refractivity contribution in [2.24, 2.45) is 5.41 Å². The number of benzene rings is 1. The van der Waals surface area contributed by atoms with Crippen molar-refractivity contribution in [3.05, 3.63) is 71.7 Å². The van der Waals surface area contributed by atoms with Gasteiger partial charge in [-0.25, -0.2) is 9.37 Å². The summed E-state index contributed by atoms with van der Waals surface area (Å²) in [5.41, 5.74) is -0.920. The third-order valence-electron chi connectivity index (χ3n) is 4.72. The van der Waals surface area contributed by atoms with Crippen molar-refractivity contribution in [2.45, 2.75) is 45.6 Å². The van der Waals surface area contributed by atoms with Crippen molar-refractivity contribution in [2.75, 3.05) is 0 Å². The first-order valence-corrected chi connectivity index (χ1v) is 9.27. The summed E-state index contributed by atoms with van der Waals surface area (Å²) in [5, 5.41) is 10.7. The third-order valence-corrected chi connectivity index (χ3v) is 4.72. The second-order valence-electron chi connectivity index (χ2n) is 8.56. The molecule has 0 saturated heterocycles. The predicted molar refractivity (Wildman–Crippen MR) is 105 cm³/mol. The zero-order valence-electron chi connectivity index (χ0n) is 16.8. The van der Waals surface area contributed by atoms with Gasteiger partial charge in [-0.3, -0.25) is 4.98 Å². The molecule has 1 aromatic carbocycles. The zero-order chi connectivity index (χ0) is 21.4. The van der Waals surface area contributed by atoms with E-state index in [-0.39, 0.29) is 11.0 Å². The van der Waals surface area contributed by atoms with Crippen molar-refractivity contribution in [1.82, 2.24) is 15.0 Å². The fourth-order valence-corrected chi connectivity index (χ4v) is 3.08. The average Bonchev–Trinajstić information content (AvgIpc) is 3.09. The van der Waals surface area contributed by atoms with Gasteiger partial charge in [0.2, 0.25) is 0 Å². The third kappa shape index (κ3) is 4.34. The minimum atomic E-state index is -3.64. The van der Waals surface area contributed by atoms with Crippen LogP contribution in [0.5, 0.6) is 0 Å². The smallest absolute Gasteiger partial charge is 0.336 e. The Morgan fingerprint density at radius 3 is 2.21 bits per heavy atom. The number of rotatable bonds is 5. The average molecular weight is 403 g/mol. The van der Waals surface area contributed by atoms with Crippen molar-refractivity contribution in [3.8, 4) is 11.3 Å². The highest BCUT2D eigenvalue weighted by Crippen LogP contribution is 2.44. The Hall–Kier alpha value is -2.67. The van der Waals surface area contributed by atoms with Gasteiger partial charge in [0.1, 0.15) is 5.82 Å². The van der Waals surface area contributed by atoms with Crippen molar-refractivity contribution < 1.29 is 18.3 Å². The van der Waals surface area contributed by atoms with E-state index in [9.17, 15) is 9.50 Å². The van der Waals surface area contributed by atoms with Crippen LogP contribution >= 0.6 is 0 Å². The van der Waals surface area contributed by atoms with Crippen LogP contribution in [-0.2, 0) is 17.9 Å². The highest BCUT2D eigenvalue weighted by atomic mass is 19.3. The van der Waals surface area contributed by atoms with Gasteiger partial charge >= 0.3 is 5.92 Å². The Kier molecular flexibility index (Phi) is 5.30. The lowest BCUT2D eigenvalue weighted by Gasteiger charge is -2.31. The number of aromatic nitrogens is 3. The molecule has 2 N–H and O–H groups in total. The molecular formula is C22H24F3N3O. The lowest BCUT2D eigenvalue weighted by molar-refractivity contribution is -0.189. The van der Waals surface area contributed by atoms with E-state index in [1.165, 1.54) is 30.5 Å². The van der Waals surface area contributed by atoms with Gasteiger partial charge in [-0.1, -0.05) is 45.0 Å². The molecule has 0 aliphatic rings. The maximum absolute atomic E-state index is 15.1. The number of nitrogens with one attached hydrogen (secondary N) is 1. The van der Waals surface area contributed by atoms with Gasteiger partial charge in [0.25, 0.3) is 0 Å². The molecule has 29 heavy (non-hydrogen) atoms. The number of hydrogen-bond donors (Lipinski definition) is 2. The van der Waals surface area contributed by atoms with Crippen LogP contribution in [0.4, 0.5) is 13.2 Å². The van der Waals surface area contributed by atoms with E-state index in [0.717, 1.165) is 13.1 Å². The molecule has 2 heterocycles. The normalized spacial score (nSPS) is 14.6. The molecule has 1 atom stereocenters. The van der Waals surface area contributed by atoms with Gasteiger partial charge in [0.05, 0.1) is 17.6 Å². The number of halogens is 3. The molecule has 0 fully saturated rings. The molecular weight excluding hydrogens is 379 g/mol. The van der Waals surface area contributed by atoms with E-state index >= 15 is 8.78 Å². The molecule has 2 aromatic heterocycles. The predicted octanol–water partition coefficient (Wildman–Crippen LogP) is 5.20. The van der Waals surface area contributed by atoms with Crippen LogP contribution in [0.1, 0.15) is 44.8 Å². The van der Waals surface area contributed by atoms with Gasteiger partial charge in [0.15, 0.2) is 11.4 Å². The monoisotopic (exact) mass is 403 g/mol. The molecule has 0 spiro atoms. The highest BCUT2D eigenvalue weighted by molar-refractivity contribution is 5.59. The molecule has 0 amide bonds. The van der Waals surface area contributed by atoms with Gasteiger partial charge in [-0.2, -0.15) is 8.78 Å². The summed E-state index contributed by atoms with van der Waals surface area (Å²) in [6, 6.07) is 8.71. The standard InChI is InChI=1S/C22H24F3N3O/c1-20(2,3)11-17-13-27-19(28-17)22(24,25)21(4,29)15-7-5-14(6-8-15)18-10-9-16(23)12-26-18/h5-10,12-13,29H,11H2,1-4H3,(H,27,28). The summed E-state index contributed by atoms with van der Waals surface area (Å²) in [6.45, 7) is 7.04. The molecule has 1 unspecified atom stereocenters. The quantitative estimate of drug-likeness (QED) is 0.616. The lowest BCUT2D eigenvalue weighted by Crippen LogP contribution is -2.41. The maximum atomic E-state index is 15.1. The van der Waals surface area contributed by atoms with Crippen molar-refractivity contribution >= 4 is 0 Å². The van der Waals surface area contributed by atoms with Crippen LogP contribution in [0.2, 0.25) is 0 Å². The number of hydrogen-bond acceptors (Lipinski definition) is 3. The van der Waals surface area contributed by atoms with Gasteiger partial charge in [-0.05, 0) is 36.5 Å². The second-order valence-corrected chi connectivity index (χ2v) is 8.56. The zero-order valence-corrected chi connectivity index (χ0v) is 16.8. The molecule has 0 aliphatic carbocycles. The molecule has 154 valence electrons. The first-order chi connectivity index (χ1) is 13.4. The Balaban J connectivity index is 1.87. The molecule has 4 nitrogen and oxygen atoms in total. The summed E-state index contributed by atoms with van der Waals surface area (Å²) in [4.78, 5) is 10.5. The van der Waals surface area contributed by atoms with Crippen LogP contribution < -0.4 is 0 Å². The van der Waals surface area contributed by atoms with Gasteiger partial charge < -0.3 is 10.1 Å². The topological polar surface area (TPSA) is 61.8 Å². The molecule has 0 bridgehead atoms. The first-order valence-electron chi connectivity index (χ1n) is 9.27. The Labute approximate surface area is 167 Å².